The molecule has 0 fully saturated rings. The predicted octanol–water partition coefficient (Wildman–Crippen LogP) is 11.3. The van der Waals surface area contributed by atoms with Crippen molar-refractivity contribution in [3.63, 3.8) is 0 Å². The molecule has 0 aromatic carbocycles. The van der Waals surface area contributed by atoms with Crippen LogP contribution in [-0.2, 0) is 4.79 Å². The molecule has 0 aliphatic carbocycles. The summed E-state index contributed by atoms with van der Waals surface area (Å²) in [5.41, 5.74) is 0. The highest BCUT2D eigenvalue weighted by Crippen LogP contribution is 2.14. The summed E-state index contributed by atoms with van der Waals surface area (Å²) in [6, 6.07) is -1.02. The zero-order valence-electron chi connectivity index (χ0n) is 33.8. The van der Waals surface area contributed by atoms with Crippen molar-refractivity contribution in [1.29, 1.82) is 0 Å². The standard InChI is InChI=1S/C46H83NO5/c1-3-5-7-9-11-13-15-17-19-20-21-22-23-24-25-26-28-30-32-34-36-38-40-44(50)46(52)47-42(41-48)45(51)43(49)39-37-35-33-31-29-27-18-16-14-12-10-8-6-4-2/h8,10,16,18,21-22,24-25,31,33,42-45,48-51H,3-7,9,11-15,17,19-20,23,26-30,32,34-41H2,1-2H3,(H,47,52)/b10-8+,18-16+,22-21-,25-24-,33-31+. The Hall–Kier alpha value is -1.99. The van der Waals surface area contributed by atoms with Crippen LogP contribution < -0.4 is 5.32 Å². The first-order valence-electron chi connectivity index (χ1n) is 21.7. The summed E-state index contributed by atoms with van der Waals surface area (Å²) in [5.74, 6) is -0.611. The molecule has 52 heavy (non-hydrogen) atoms. The third-order valence-electron chi connectivity index (χ3n) is 9.64. The van der Waals surface area contributed by atoms with Crippen molar-refractivity contribution in [2.45, 2.75) is 218 Å². The van der Waals surface area contributed by atoms with Gasteiger partial charge in [-0.2, -0.15) is 0 Å². The monoisotopic (exact) mass is 730 g/mol. The number of hydrogen-bond acceptors (Lipinski definition) is 5. The van der Waals surface area contributed by atoms with Gasteiger partial charge in [-0.15, -0.1) is 0 Å². The van der Waals surface area contributed by atoms with Crippen LogP contribution in [0.4, 0.5) is 0 Å². The Labute approximate surface area is 321 Å². The van der Waals surface area contributed by atoms with E-state index in [2.05, 4.69) is 79.9 Å². The van der Waals surface area contributed by atoms with E-state index in [0.717, 1.165) is 77.0 Å². The van der Waals surface area contributed by atoms with Gasteiger partial charge in [-0.1, -0.05) is 164 Å². The van der Waals surface area contributed by atoms with Gasteiger partial charge in [-0.3, -0.25) is 4.79 Å². The van der Waals surface area contributed by atoms with Crippen LogP contribution in [0.2, 0.25) is 0 Å². The van der Waals surface area contributed by atoms with Crippen LogP contribution in [0.5, 0.6) is 0 Å². The van der Waals surface area contributed by atoms with Crippen LogP contribution in [0.15, 0.2) is 60.8 Å². The number of aliphatic hydroxyl groups is 4. The van der Waals surface area contributed by atoms with E-state index in [0.29, 0.717) is 19.3 Å². The third kappa shape index (κ3) is 33.8. The zero-order chi connectivity index (χ0) is 38.2. The van der Waals surface area contributed by atoms with E-state index in [-0.39, 0.29) is 0 Å². The molecule has 6 nitrogen and oxygen atoms in total. The van der Waals surface area contributed by atoms with Crippen LogP contribution in [0.1, 0.15) is 194 Å². The van der Waals surface area contributed by atoms with Gasteiger partial charge in [0.1, 0.15) is 12.2 Å². The van der Waals surface area contributed by atoms with E-state index in [1.807, 2.05) is 0 Å². The molecule has 0 saturated carbocycles. The van der Waals surface area contributed by atoms with Crippen LogP contribution in [0.25, 0.3) is 0 Å². The maximum Gasteiger partial charge on any atom is 0.249 e. The van der Waals surface area contributed by atoms with Crippen molar-refractivity contribution >= 4 is 5.91 Å². The quantitative estimate of drug-likeness (QED) is 0.0321. The summed E-state index contributed by atoms with van der Waals surface area (Å²) < 4.78 is 0. The van der Waals surface area contributed by atoms with Gasteiger partial charge in [0.15, 0.2) is 0 Å². The second kappa shape index (κ2) is 40.2. The Kier molecular flexibility index (Phi) is 38.7. The van der Waals surface area contributed by atoms with Gasteiger partial charge in [0.25, 0.3) is 0 Å². The van der Waals surface area contributed by atoms with Crippen molar-refractivity contribution in [3.05, 3.63) is 60.8 Å². The minimum absolute atomic E-state index is 0.344. The van der Waals surface area contributed by atoms with E-state index in [9.17, 15) is 25.2 Å². The van der Waals surface area contributed by atoms with E-state index in [4.69, 9.17) is 0 Å². The van der Waals surface area contributed by atoms with Crippen LogP contribution in [-0.4, -0.2) is 57.3 Å². The molecular weight excluding hydrogens is 647 g/mol. The van der Waals surface area contributed by atoms with Crippen LogP contribution >= 0.6 is 0 Å². The fraction of sp³-hybridized carbons (Fsp3) is 0.761. The molecule has 0 spiro atoms. The first-order valence-corrected chi connectivity index (χ1v) is 21.7. The van der Waals surface area contributed by atoms with Gasteiger partial charge in [0, 0.05) is 0 Å². The first-order chi connectivity index (χ1) is 25.5. The number of carbonyl (C=O) groups is 1. The fourth-order valence-electron chi connectivity index (χ4n) is 6.18. The molecule has 0 radical (unpaired) electrons. The molecule has 0 bridgehead atoms. The lowest BCUT2D eigenvalue weighted by Gasteiger charge is -2.27. The Balaban J connectivity index is 3.83. The van der Waals surface area contributed by atoms with Crippen molar-refractivity contribution in [1.82, 2.24) is 5.32 Å². The van der Waals surface area contributed by atoms with Crippen molar-refractivity contribution in [3.8, 4) is 0 Å². The number of amides is 1. The number of allylic oxidation sites excluding steroid dienone is 10. The maximum atomic E-state index is 12.5. The van der Waals surface area contributed by atoms with Gasteiger partial charge < -0.3 is 25.7 Å². The molecule has 0 rings (SSSR count). The molecule has 0 aromatic rings. The first kappa shape index (κ1) is 50.0. The molecule has 0 aliphatic rings. The van der Waals surface area contributed by atoms with Crippen molar-refractivity contribution in [2.24, 2.45) is 0 Å². The number of rotatable bonds is 38. The molecule has 0 aliphatic heterocycles. The van der Waals surface area contributed by atoms with Gasteiger partial charge in [-0.05, 0) is 89.9 Å². The van der Waals surface area contributed by atoms with Gasteiger partial charge in [-0.25, -0.2) is 0 Å². The summed E-state index contributed by atoms with van der Waals surface area (Å²) in [6.45, 7) is 3.95. The van der Waals surface area contributed by atoms with Gasteiger partial charge in [0.05, 0.1) is 18.8 Å². The largest absolute Gasteiger partial charge is 0.394 e. The lowest BCUT2D eigenvalue weighted by atomic mass is 10.00. The smallest absolute Gasteiger partial charge is 0.249 e. The molecule has 302 valence electrons. The number of hydrogen-bond donors (Lipinski definition) is 5. The van der Waals surface area contributed by atoms with Crippen molar-refractivity contribution < 1.29 is 25.2 Å². The number of nitrogens with one attached hydrogen (secondary N) is 1. The Bertz CT molecular complexity index is 910. The van der Waals surface area contributed by atoms with Crippen LogP contribution in [0, 0.1) is 0 Å². The van der Waals surface area contributed by atoms with Gasteiger partial charge >= 0.3 is 0 Å². The SMILES string of the molecule is CCC/C=C/CC/C=C/CC/C=C/CCCC(O)C(O)C(CO)NC(=O)C(O)CCCCCCCC/C=C\C/C=C\CCCCCCCCCCC. The average molecular weight is 730 g/mol. The maximum absolute atomic E-state index is 12.5. The summed E-state index contributed by atoms with van der Waals surface area (Å²) in [6.07, 6.45) is 49.6. The lowest BCUT2D eigenvalue weighted by Crippen LogP contribution is -2.53. The number of aliphatic hydroxyl groups excluding tert-OH is 4. The molecule has 0 heterocycles. The van der Waals surface area contributed by atoms with Gasteiger partial charge in [0.2, 0.25) is 5.91 Å². The summed E-state index contributed by atoms with van der Waals surface area (Å²) in [5, 5.41) is 43.6. The van der Waals surface area contributed by atoms with E-state index < -0.39 is 36.9 Å². The predicted molar refractivity (Wildman–Crippen MR) is 223 cm³/mol. The molecular formula is C46H83NO5. The topological polar surface area (TPSA) is 110 Å². The minimum atomic E-state index is -1.30. The molecule has 4 atom stereocenters. The normalized spacial score (nSPS) is 14.8. The minimum Gasteiger partial charge on any atom is -0.394 e. The Morgan fingerprint density at radius 3 is 1.40 bits per heavy atom. The Morgan fingerprint density at radius 2 is 0.904 bits per heavy atom. The van der Waals surface area contributed by atoms with Crippen molar-refractivity contribution in [2.75, 3.05) is 6.61 Å². The zero-order valence-corrected chi connectivity index (χ0v) is 33.8. The lowest BCUT2D eigenvalue weighted by molar-refractivity contribution is -0.132. The molecule has 0 aromatic heterocycles. The molecule has 5 N–H and O–H groups in total. The Morgan fingerprint density at radius 1 is 0.481 bits per heavy atom. The molecule has 0 saturated heterocycles. The van der Waals surface area contributed by atoms with Crippen LogP contribution in [0.3, 0.4) is 0 Å². The highest BCUT2D eigenvalue weighted by molar-refractivity contribution is 5.80. The second-order valence-corrected chi connectivity index (χ2v) is 14.7. The third-order valence-corrected chi connectivity index (χ3v) is 9.64. The highest BCUT2D eigenvalue weighted by Gasteiger charge is 2.28. The molecule has 6 heteroatoms. The second-order valence-electron chi connectivity index (χ2n) is 14.7. The molecule has 1 amide bonds. The fourth-order valence-corrected chi connectivity index (χ4v) is 6.18. The average Bonchev–Trinajstić information content (AvgIpc) is 3.15. The summed E-state index contributed by atoms with van der Waals surface area (Å²) >= 11 is 0. The summed E-state index contributed by atoms with van der Waals surface area (Å²) in [4.78, 5) is 12.5. The van der Waals surface area contributed by atoms with E-state index in [1.165, 1.54) is 83.5 Å². The highest BCUT2D eigenvalue weighted by atomic mass is 16.3. The van der Waals surface area contributed by atoms with E-state index in [1.54, 1.807) is 0 Å². The number of unbranched alkanes of at least 4 members (excludes halogenated alkanes) is 19. The molecule has 4 unspecified atom stereocenters. The number of carbonyl (C=O) groups excluding carboxylic acids is 1. The summed E-state index contributed by atoms with van der Waals surface area (Å²) in [7, 11) is 0. The van der Waals surface area contributed by atoms with E-state index >= 15 is 0 Å².